The van der Waals surface area contributed by atoms with E-state index in [0.29, 0.717) is 78.8 Å². The molecule has 2 aromatic rings. The molecule has 2 aliphatic heterocycles. The summed E-state index contributed by atoms with van der Waals surface area (Å²) >= 11 is 1.45. The molecule has 37 heavy (non-hydrogen) atoms. The van der Waals surface area contributed by atoms with Crippen molar-refractivity contribution in [1.29, 1.82) is 10.5 Å². The first kappa shape index (κ1) is 26.7. The van der Waals surface area contributed by atoms with E-state index in [9.17, 15) is 15.3 Å². The topological polar surface area (TPSA) is 149 Å². The number of aromatic nitrogens is 3. The largest absolute Gasteiger partial charge is 0.465 e. The van der Waals surface area contributed by atoms with Gasteiger partial charge in [0.2, 0.25) is 0 Å². The summed E-state index contributed by atoms with van der Waals surface area (Å²) < 4.78 is 13.3. The van der Waals surface area contributed by atoms with Crippen molar-refractivity contribution in [3.8, 4) is 12.1 Å². The molecule has 11 nitrogen and oxygen atoms in total. The molecule has 4 rings (SSSR count). The summed E-state index contributed by atoms with van der Waals surface area (Å²) in [5.41, 5.74) is 2.53. The van der Waals surface area contributed by atoms with Crippen LogP contribution in [0, 0.1) is 22.7 Å². The Hall–Kier alpha value is -3.32. The molecule has 2 aromatic heterocycles. The van der Waals surface area contributed by atoms with E-state index in [2.05, 4.69) is 22.6 Å². The number of carboxylic acid groups (broad SMARTS) is 1. The molecule has 0 bridgehead atoms. The predicted octanol–water partition coefficient (Wildman–Crippen LogP) is 3.26. The van der Waals surface area contributed by atoms with Gasteiger partial charge in [-0.3, -0.25) is 4.68 Å². The molecule has 2 fully saturated rings. The maximum Gasteiger partial charge on any atom is 0.404 e. The number of anilines is 1. The number of rotatable bonds is 8. The maximum absolute atomic E-state index is 11.0. The lowest BCUT2D eigenvalue weighted by atomic mass is 10.00. The van der Waals surface area contributed by atoms with Gasteiger partial charge in [-0.15, -0.1) is 11.8 Å². The van der Waals surface area contributed by atoms with E-state index < -0.39 is 11.9 Å². The normalized spacial score (nSPS) is 19.4. The molecule has 0 radical (unpaired) electrons. The number of thioether (sulfide) groups is 1. The van der Waals surface area contributed by atoms with Gasteiger partial charge in [0, 0.05) is 36.6 Å². The van der Waals surface area contributed by atoms with Crippen LogP contribution in [0.25, 0.3) is 0 Å². The Kier molecular flexibility index (Phi) is 8.22. The molecule has 1 unspecified atom stereocenters. The number of piperidine rings is 1. The van der Waals surface area contributed by atoms with E-state index in [1.165, 1.54) is 11.8 Å². The Morgan fingerprint density at radius 3 is 2.62 bits per heavy atom. The van der Waals surface area contributed by atoms with Crippen LogP contribution in [0.2, 0.25) is 0 Å². The molecule has 4 heterocycles. The van der Waals surface area contributed by atoms with Crippen molar-refractivity contribution >= 4 is 23.7 Å². The third-order valence-corrected chi connectivity index (χ3v) is 7.51. The van der Waals surface area contributed by atoms with E-state index in [4.69, 9.17) is 19.6 Å². The average molecular weight is 526 g/mol. The van der Waals surface area contributed by atoms with Crippen molar-refractivity contribution in [1.82, 2.24) is 20.1 Å². The van der Waals surface area contributed by atoms with Crippen molar-refractivity contribution in [2.75, 3.05) is 24.6 Å². The first-order valence-corrected chi connectivity index (χ1v) is 13.3. The lowest BCUT2D eigenvalue weighted by Crippen LogP contribution is -2.44. The van der Waals surface area contributed by atoms with Crippen molar-refractivity contribution < 1.29 is 19.4 Å². The summed E-state index contributed by atoms with van der Waals surface area (Å²) in [4.78, 5) is 17.8. The van der Waals surface area contributed by atoms with Crippen molar-refractivity contribution in [3.63, 3.8) is 0 Å². The monoisotopic (exact) mass is 525 g/mol. The van der Waals surface area contributed by atoms with Crippen molar-refractivity contribution in [2.45, 2.75) is 75.3 Å². The molecule has 196 valence electrons. The van der Waals surface area contributed by atoms with E-state index >= 15 is 0 Å². The number of ether oxygens (including phenoxy) is 2. The Balaban J connectivity index is 1.50. The predicted molar refractivity (Wildman–Crippen MR) is 136 cm³/mol. The summed E-state index contributed by atoms with van der Waals surface area (Å²) in [7, 11) is 0. The van der Waals surface area contributed by atoms with Gasteiger partial charge in [0.15, 0.2) is 5.79 Å². The zero-order chi connectivity index (χ0) is 26.6. The Morgan fingerprint density at radius 2 is 2.03 bits per heavy atom. The Bertz CT molecular complexity index is 1220. The van der Waals surface area contributed by atoms with Gasteiger partial charge >= 0.3 is 6.09 Å². The second kappa shape index (κ2) is 11.4. The fourth-order valence-corrected chi connectivity index (χ4v) is 5.64. The number of hydrogen-bond acceptors (Lipinski definition) is 9. The Morgan fingerprint density at radius 1 is 1.30 bits per heavy atom. The van der Waals surface area contributed by atoms with Gasteiger partial charge in [-0.05, 0) is 38.7 Å². The van der Waals surface area contributed by atoms with Crippen molar-refractivity contribution in [2.24, 2.45) is 0 Å². The highest BCUT2D eigenvalue weighted by Crippen LogP contribution is 2.34. The van der Waals surface area contributed by atoms with Crippen LogP contribution in [-0.2, 0) is 28.2 Å². The molecule has 0 spiro atoms. The van der Waals surface area contributed by atoms with E-state index in [1.54, 1.807) is 6.20 Å². The number of pyridine rings is 1. The van der Waals surface area contributed by atoms with Gasteiger partial charge in [0.25, 0.3) is 0 Å². The first-order valence-electron chi connectivity index (χ1n) is 12.3. The number of hydrogen-bond donors (Lipinski definition) is 2. The Labute approximate surface area is 220 Å². The fourth-order valence-electron chi connectivity index (χ4n) is 4.72. The second-order valence-corrected chi connectivity index (χ2v) is 10.5. The molecule has 2 aliphatic rings. The number of nitrogens with zero attached hydrogens (tertiary/aromatic N) is 6. The van der Waals surface area contributed by atoms with Crippen molar-refractivity contribution in [3.05, 3.63) is 34.6 Å². The molecule has 2 N–H and O–H groups in total. The van der Waals surface area contributed by atoms with Gasteiger partial charge in [0.1, 0.15) is 29.1 Å². The zero-order valence-electron chi connectivity index (χ0n) is 21.2. The van der Waals surface area contributed by atoms with E-state index in [1.807, 2.05) is 36.5 Å². The summed E-state index contributed by atoms with van der Waals surface area (Å²) in [5, 5.41) is 36.5. The molecular formula is C25H31N7O4S. The number of amides is 1. The van der Waals surface area contributed by atoms with E-state index in [-0.39, 0.29) is 12.1 Å². The SMILES string of the molecule is CCc1c(C#N)c(SCc2cnn(CC3COC(C)(C)O3)c2)nc(N2CCC(NC(=O)O)CC2)c1C#N. The summed E-state index contributed by atoms with van der Waals surface area (Å²) in [6.45, 7) is 7.96. The molecular weight excluding hydrogens is 494 g/mol. The quantitative estimate of drug-likeness (QED) is 0.492. The van der Waals surface area contributed by atoms with E-state index in [0.717, 1.165) is 5.56 Å². The summed E-state index contributed by atoms with van der Waals surface area (Å²) in [5.74, 6) is 0.544. The molecule has 2 saturated heterocycles. The molecule has 1 atom stereocenters. The average Bonchev–Trinajstić information content (AvgIpc) is 3.46. The summed E-state index contributed by atoms with van der Waals surface area (Å²) in [6, 6.07) is 4.41. The van der Waals surface area contributed by atoms with Gasteiger partial charge in [-0.2, -0.15) is 15.6 Å². The maximum atomic E-state index is 11.0. The van der Waals surface area contributed by atoms with Crippen LogP contribution in [0.3, 0.4) is 0 Å². The van der Waals surface area contributed by atoms with Crippen LogP contribution in [0.15, 0.2) is 17.4 Å². The minimum atomic E-state index is -1.03. The number of carbonyl (C=O) groups is 1. The molecule has 12 heteroatoms. The van der Waals surface area contributed by atoms with Crippen LogP contribution in [0.1, 0.15) is 55.9 Å². The standard InChI is InChI=1S/C25H31N7O4S/c1-4-19-20(9-26)22(31-7-5-17(6-8-31)29-24(33)34)30-23(21(19)10-27)37-15-16-11-28-32(12-16)13-18-14-35-25(2,3)36-18/h11-12,17-18,29H,4-8,13-15H2,1-3H3,(H,33,34). The molecule has 0 aliphatic carbocycles. The van der Waals surface area contributed by atoms with Gasteiger partial charge < -0.3 is 24.8 Å². The smallest absolute Gasteiger partial charge is 0.404 e. The van der Waals surface area contributed by atoms with Crippen LogP contribution in [0.5, 0.6) is 0 Å². The van der Waals surface area contributed by atoms with Gasteiger partial charge in [0.05, 0.1) is 30.5 Å². The molecule has 0 saturated carbocycles. The highest BCUT2D eigenvalue weighted by molar-refractivity contribution is 7.98. The first-order chi connectivity index (χ1) is 17.7. The second-order valence-electron chi connectivity index (χ2n) is 9.57. The van der Waals surface area contributed by atoms with Crippen LogP contribution in [0.4, 0.5) is 10.6 Å². The van der Waals surface area contributed by atoms with Crippen LogP contribution in [-0.4, -0.2) is 63.6 Å². The molecule has 0 aromatic carbocycles. The minimum Gasteiger partial charge on any atom is -0.465 e. The van der Waals surface area contributed by atoms with Gasteiger partial charge in [-0.1, -0.05) is 6.92 Å². The number of nitrogens with one attached hydrogen (secondary N) is 1. The van der Waals surface area contributed by atoms with Crippen LogP contribution >= 0.6 is 11.8 Å². The number of nitriles is 2. The molecule has 1 amide bonds. The lowest BCUT2D eigenvalue weighted by molar-refractivity contribution is -0.139. The lowest BCUT2D eigenvalue weighted by Gasteiger charge is -2.33. The fraction of sp³-hybridized carbons (Fsp3) is 0.560. The third kappa shape index (κ3) is 6.34. The highest BCUT2D eigenvalue weighted by Gasteiger charge is 2.33. The highest BCUT2D eigenvalue weighted by atomic mass is 32.2. The van der Waals surface area contributed by atoms with Crippen LogP contribution < -0.4 is 10.2 Å². The third-order valence-electron chi connectivity index (χ3n) is 6.47. The summed E-state index contributed by atoms with van der Waals surface area (Å²) in [6.07, 6.45) is 4.43. The minimum absolute atomic E-state index is 0.0645. The zero-order valence-corrected chi connectivity index (χ0v) is 22.0. The van der Waals surface area contributed by atoms with Gasteiger partial charge in [-0.25, -0.2) is 9.78 Å².